The molecule has 0 unspecified atom stereocenters. The van der Waals surface area contributed by atoms with Gasteiger partial charge in [-0.05, 0) is 12.8 Å². The number of rotatable bonds is 6. The number of morpholine rings is 1. The van der Waals surface area contributed by atoms with E-state index in [4.69, 9.17) is 9.84 Å². The lowest BCUT2D eigenvalue weighted by molar-refractivity contribution is -0.158. The summed E-state index contributed by atoms with van der Waals surface area (Å²) in [6.07, 6.45) is 2.04. The van der Waals surface area contributed by atoms with Crippen LogP contribution in [-0.4, -0.2) is 47.5 Å². The molecule has 0 spiro atoms. The van der Waals surface area contributed by atoms with Gasteiger partial charge in [-0.1, -0.05) is 6.42 Å². The first-order chi connectivity index (χ1) is 7.61. The molecule has 0 saturated carbocycles. The fourth-order valence-corrected chi connectivity index (χ4v) is 1.49. The van der Waals surface area contributed by atoms with Gasteiger partial charge in [0.25, 0.3) is 11.8 Å². The Morgan fingerprint density at radius 1 is 1.19 bits per heavy atom. The molecular formula is C10H15NO5. The highest BCUT2D eigenvalue weighted by atomic mass is 16.5. The summed E-state index contributed by atoms with van der Waals surface area (Å²) < 4.78 is 4.76. The van der Waals surface area contributed by atoms with Gasteiger partial charge in [0.1, 0.15) is 13.2 Å². The summed E-state index contributed by atoms with van der Waals surface area (Å²) in [6.45, 7) is 0.280. The Morgan fingerprint density at radius 3 is 2.38 bits per heavy atom. The Balaban J connectivity index is 2.18. The Bertz CT molecular complexity index is 273. The van der Waals surface area contributed by atoms with Crippen LogP contribution in [0, 0.1) is 0 Å². The minimum absolute atomic E-state index is 0.0408. The molecule has 1 aliphatic heterocycles. The third-order valence-corrected chi connectivity index (χ3v) is 2.33. The average molecular weight is 229 g/mol. The van der Waals surface area contributed by atoms with Gasteiger partial charge in [0.05, 0.1) is 0 Å². The average Bonchev–Trinajstić information content (AvgIpc) is 2.21. The zero-order valence-corrected chi connectivity index (χ0v) is 8.98. The van der Waals surface area contributed by atoms with Crippen LogP contribution < -0.4 is 0 Å². The maximum atomic E-state index is 11.3. The van der Waals surface area contributed by atoms with Crippen LogP contribution in [0.2, 0.25) is 0 Å². The van der Waals surface area contributed by atoms with Crippen molar-refractivity contribution in [2.24, 2.45) is 0 Å². The molecule has 0 aliphatic carbocycles. The molecule has 1 N–H and O–H groups in total. The van der Waals surface area contributed by atoms with E-state index in [1.165, 1.54) is 4.90 Å². The highest BCUT2D eigenvalue weighted by molar-refractivity contribution is 5.98. The molecule has 0 radical (unpaired) electrons. The van der Waals surface area contributed by atoms with Crippen LogP contribution in [0.15, 0.2) is 0 Å². The summed E-state index contributed by atoms with van der Waals surface area (Å²) in [7, 11) is 0. The first-order valence-corrected chi connectivity index (χ1v) is 5.24. The van der Waals surface area contributed by atoms with Crippen molar-refractivity contribution in [3.8, 4) is 0 Å². The van der Waals surface area contributed by atoms with E-state index in [0.717, 1.165) is 0 Å². The normalized spacial score (nSPS) is 16.6. The minimum Gasteiger partial charge on any atom is -0.481 e. The molecule has 1 aliphatic rings. The summed E-state index contributed by atoms with van der Waals surface area (Å²) in [5, 5.41) is 8.41. The predicted molar refractivity (Wildman–Crippen MR) is 53.6 cm³/mol. The fourth-order valence-electron chi connectivity index (χ4n) is 1.49. The van der Waals surface area contributed by atoms with Crippen LogP contribution in [-0.2, 0) is 19.1 Å². The van der Waals surface area contributed by atoms with Crippen LogP contribution in [0.25, 0.3) is 0 Å². The van der Waals surface area contributed by atoms with E-state index in [0.29, 0.717) is 25.8 Å². The number of aliphatic carboxylic acids is 1. The number of hydrogen-bond donors (Lipinski definition) is 1. The smallest absolute Gasteiger partial charge is 0.303 e. The van der Waals surface area contributed by atoms with Gasteiger partial charge >= 0.3 is 5.97 Å². The lowest BCUT2D eigenvalue weighted by Gasteiger charge is -2.24. The molecule has 1 rings (SSSR count). The van der Waals surface area contributed by atoms with E-state index < -0.39 is 5.97 Å². The van der Waals surface area contributed by atoms with Gasteiger partial charge in [-0.2, -0.15) is 0 Å². The second-order valence-electron chi connectivity index (χ2n) is 3.64. The van der Waals surface area contributed by atoms with Crippen molar-refractivity contribution in [2.45, 2.75) is 25.7 Å². The molecule has 6 nitrogen and oxygen atoms in total. The van der Waals surface area contributed by atoms with Crippen LogP contribution >= 0.6 is 0 Å². The highest BCUT2D eigenvalue weighted by Gasteiger charge is 2.25. The first kappa shape index (κ1) is 12.6. The molecule has 2 amide bonds. The summed E-state index contributed by atoms with van der Waals surface area (Å²) in [6, 6.07) is 0. The SMILES string of the molecule is O=C(O)CCCCCN1C(=O)COCC1=O. The number of carboxylic acids is 1. The van der Waals surface area contributed by atoms with Crippen LogP contribution in [0.5, 0.6) is 0 Å². The Kier molecular flexibility index (Phi) is 4.91. The zero-order valence-electron chi connectivity index (χ0n) is 8.98. The van der Waals surface area contributed by atoms with E-state index in [1.807, 2.05) is 0 Å². The topological polar surface area (TPSA) is 83.9 Å². The third-order valence-electron chi connectivity index (χ3n) is 2.33. The maximum Gasteiger partial charge on any atom is 0.303 e. The molecule has 0 atom stereocenters. The van der Waals surface area contributed by atoms with Gasteiger partial charge in [-0.3, -0.25) is 19.3 Å². The fraction of sp³-hybridized carbons (Fsp3) is 0.700. The minimum atomic E-state index is -0.821. The third kappa shape index (κ3) is 3.98. The number of ether oxygens (including phenoxy) is 1. The quantitative estimate of drug-likeness (QED) is 0.512. The van der Waals surface area contributed by atoms with Crippen molar-refractivity contribution in [1.82, 2.24) is 4.90 Å². The van der Waals surface area contributed by atoms with Crippen LogP contribution in [0.1, 0.15) is 25.7 Å². The summed E-state index contributed by atoms with van der Waals surface area (Å²) in [5.74, 6) is -1.44. The maximum absolute atomic E-state index is 11.3. The van der Waals surface area contributed by atoms with Crippen molar-refractivity contribution in [2.75, 3.05) is 19.8 Å². The number of amides is 2. The van der Waals surface area contributed by atoms with E-state index in [2.05, 4.69) is 0 Å². The number of imide groups is 1. The van der Waals surface area contributed by atoms with Crippen molar-refractivity contribution in [1.29, 1.82) is 0 Å². The second-order valence-corrected chi connectivity index (χ2v) is 3.64. The zero-order chi connectivity index (χ0) is 12.0. The van der Waals surface area contributed by atoms with E-state index >= 15 is 0 Å². The van der Waals surface area contributed by atoms with Gasteiger partial charge in [-0.15, -0.1) is 0 Å². The molecule has 16 heavy (non-hydrogen) atoms. The number of nitrogens with zero attached hydrogens (tertiary/aromatic N) is 1. The number of carboxylic acid groups (broad SMARTS) is 1. The van der Waals surface area contributed by atoms with Gasteiger partial charge < -0.3 is 9.84 Å². The first-order valence-electron chi connectivity index (χ1n) is 5.24. The Morgan fingerprint density at radius 2 is 1.81 bits per heavy atom. The van der Waals surface area contributed by atoms with E-state index in [1.54, 1.807) is 0 Å². The standard InChI is InChI=1S/C10H15NO5/c12-8-6-16-7-9(13)11(8)5-3-1-2-4-10(14)15/h1-7H2,(H,14,15). The van der Waals surface area contributed by atoms with Crippen molar-refractivity contribution < 1.29 is 24.2 Å². The molecule has 1 fully saturated rings. The van der Waals surface area contributed by atoms with Gasteiger partial charge in [0, 0.05) is 13.0 Å². The molecule has 1 saturated heterocycles. The van der Waals surface area contributed by atoms with Crippen molar-refractivity contribution >= 4 is 17.8 Å². The lowest BCUT2D eigenvalue weighted by atomic mass is 10.2. The Labute approximate surface area is 93.2 Å². The highest BCUT2D eigenvalue weighted by Crippen LogP contribution is 2.06. The van der Waals surface area contributed by atoms with Crippen molar-refractivity contribution in [3.63, 3.8) is 0 Å². The second kappa shape index (κ2) is 6.22. The summed E-state index contributed by atoms with van der Waals surface area (Å²) in [4.78, 5) is 33.9. The monoisotopic (exact) mass is 229 g/mol. The number of hydrogen-bond acceptors (Lipinski definition) is 4. The molecule has 90 valence electrons. The lowest BCUT2D eigenvalue weighted by Crippen LogP contribution is -2.46. The molecule has 1 heterocycles. The molecule has 0 aromatic carbocycles. The van der Waals surface area contributed by atoms with E-state index in [9.17, 15) is 14.4 Å². The number of unbranched alkanes of at least 4 members (excludes halogenated alkanes) is 2. The molecule has 0 bridgehead atoms. The van der Waals surface area contributed by atoms with Crippen LogP contribution in [0.4, 0.5) is 0 Å². The van der Waals surface area contributed by atoms with Gasteiger partial charge in [0.15, 0.2) is 0 Å². The number of carbonyl (C=O) groups is 3. The largest absolute Gasteiger partial charge is 0.481 e. The van der Waals surface area contributed by atoms with E-state index in [-0.39, 0.29) is 31.4 Å². The molecule has 6 heteroatoms. The molecular weight excluding hydrogens is 214 g/mol. The molecule has 0 aromatic rings. The van der Waals surface area contributed by atoms with Gasteiger partial charge in [0.2, 0.25) is 0 Å². The van der Waals surface area contributed by atoms with Crippen molar-refractivity contribution in [3.05, 3.63) is 0 Å². The Hall–Kier alpha value is -1.43. The van der Waals surface area contributed by atoms with Gasteiger partial charge in [-0.25, -0.2) is 0 Å². The summed E-state index contributed by atoms with van der Waals surface area (Å²) >= 11 is 0. The van der Waals surface area contributed by atoms with Crippen LogP contribution in [0.3, 0.4) is 0 Å². The molecule has 0 aromatic heterocycles. The predicted octanol–water partition coefficient (Wildman–Crippen LogP) is 0.0168. The number of carbonyl (C=O) groups excluding carboxylic acids is 2. The summed E-state index contributed by atoms with van der Waals surface area (Å²) in [5.41, 5.74) is 0.